The molecule has 5 aromatic rings. The van der Waals surface area contributed by atoms with Gasteiger partial charge in [0.05, 0.1) is 6.20 Å². The summed E-state index contributed by atoms with van der Waals surface area (Å²) in [5.74, 6) is 2.32. The molecule has 0 amide bonds. The molecule has 6 nitrogen and oxygen atoms in total. The molecule has 3 aromatic carbocycles. The summed E-state index contributed by atoms with van der Waals surface area (Å²) in [5.41, 5.74) is 10.6. The van der Waals surface area contributed by atoms with Crippen LogP contribution in [0.1, 0.15) is 5.56 Å². The maximum Gasteiger partial charge on any atom is 0.165 e. The lowest BCUT2D eigenvalue weighted by atomic mass is 10.1. The van der Waals surface area contributed by atoms with Crippen LogP contribution in [0.4, 0.5) is 11.5 Å². The summed E-state index contributed by atoms with van der Waals surface area (Å²) in [6.07, 6.45) is 3.73. The number of hydrogen-bond acceptors (Lipinski definition) is 5. The zero-order valence-corrected chi connectivity index (χ0v) is 16.8. The van der Waals surface area contributed by atoms with E-state index in [4.69, 9.17) is 15.5 Å². The highest BCUT2D eigenvalue weighted by molar-refractivity contribution is 5.78. The van der Waals surface area contributed by atoms with Crippen LogP contribution in [0.25, 0.3) is 16.8 Å². The van der Waals surface area contributed by atoms with E-state index in [1.807, 2.05) is 91.3 Å². The third-order valence-electron chi connectivity index (χ3n) is 4.95. The molecular formula is C25H21N5O. The Labute approximate surface area is 179 Å². The van der Waals surface area contributed by atoms with Crippen LogP contribution in [0.2, 0.25) is 0 Å². The van der Waals surface area contributed by atoms with Gasteiger partial charge in [0.1, 0.15) is 17.3 Å². The second kappa shape index (κ2) is 8.30. The molecule has 0 aliphatic carbocycles. The summed E-state index contributed by atoms with van der Waals surface area (Å²) in [7, 11) is 0. The van der Waals surface area contributed by atoms with Crippen LogP contribution in [0, 0.1) is 0 Å². The molecule has 0 spiro atoms. The van der Waals surface area contributed by atoms with Gasteiger partial charge in [0.15, 0.2) is 5.65 Å². The molecule has 0 saturated carbocycles. The number of ether oxygens (including phenoxy) is 1. The molecule has 0 bridgehead atoms. The highest BCUT2D eigenvalue weighted by Gasteiger charge is 2.10. The van der Waals surface area contributed by atoms with Crippen LogP contribution in [0.3, 0.4) is 0 Å². The first-order chi connectivity index (χ1) is 15.3. The van der Waals surface area contributed by atoms with Gasteiger partial charge in [-0.2, -0.15) is 5.10 Å². The predicted octanol–water partition coefficient (Wildman–Crippen LogP) is 5.39. The van der Waals surface area contributed by atoms with Gasteiger partial charge in [-0.05, 0) is 59.7 Å². The molecule has 0 atom stereocenters. The van der Waals surface area contributed by atoms with Gasteiger partial charge in [0.2, 0.25) is 0 Å². The SMILES string of the molecule is NCc1cccc(-c2cnn3ccc(Nc4ccc(Oc5ccccc5)cc4)nc23)c1. The summed E-state index contributed by atoms with van der Waals surface area (Å²) in [4.78, 5) is 4.78. The molecule has 0 aliphatic heterocycles. The first-order valence-electron chi connectivity index (χ1n) is 10.0. The van der Waals surface area contributed by atoms with Gasteiger partial charge in [-0.15, -0.1) is 0 Å². The fraction of sp³-hybridized carbons (Fsp3) is 0.0400. The van der Waals surface area contributed by atoms with Crippen molar-refractivity contribution in [2.75, 3.05) is 5.32 Å². The lowest BCUT2D eigenvalue weighted by Crippen LogP contribution is -1.98. The van der Waals surface area contributed by atoms with Gasteiger partial charge in [-0.1, -0.05) is 36.4 Å². The Morgan fingerprint density at radius 2 is 1.68 bits per heavy atom. The Bertz CT molecular complexity index is 1310. The minimum atomic E-state index is 0.497. The summed E-state index contributed by atoms with van der Waals surface area (Å²) in [6.45, 7) is 0.497. The zero-order valence-electron chi connectivity index (χ0n) is 16.8. The summed E-state index contributed by atoms with van der Waals surface area (Å²) >= 11 is 0. The molecule has 0 saturated heterocycles. The third-order valence-corrected chi connectivity index (χ3v) is 4.95. The lowest BCUT2D eigenvalue weighted by Gasteiger charge is -2.09. The maximum absolute atomic E-state index is 5.85. The molecule has 5 rings (SSSR count). The fourth-order valence-corrected chi connectivity index (χ4v) is 3.39. The molecule has 0 radical (unpaired) electrons. The number of nitrogens with zero attached hydrogens (tertiary/aromatic N) is 3. The monoisotopic (exact) mass is 407 g/mol. The Balaban J connectivity index is 1.38. The van der Waals surface area contributed by atoms with Crippen LogP contribution in [-0.4, -0.2) is 14.6 Å². The number of nitrogens with one attached hydrogen (secondary N) is 1. The van der Waals surface area contributed by atoms with Crippen molar-refractivity contribution in [3.05, 3.63) is 103 Å². The van der Waals surface area contributed by atoms with Crippen molar-refractivity contribution in [3.63, 3.8) is 0 Å². The van der Waals surface area contributed by atoms with Crippen molar-refractivity contribution in [2.45, 2.75) is 6.54 Å². The Hall–Kier alpha value is -4.16. The van der Waals surface area contributed by atoms with Gasteiger partial charge in [0.25, 0.3) is 0 Å². The number of aromatic nitrogens is 3. The van der Waals surface area contributed by atoms with Gasteiger partial charge >= 0.3 is 0 Å². The lowest BCUT2D eigenvalue weighted by molar-refractivity contribution is 0.483. The van der Waals surface area contributed by atoms with E-state index >= 15 is 0 Å². The van der Waals surface area contributed by atoms with Crippen molar-refractivity contribution >= 4 is 17.2 Å². The van der Waals surface area contributed by atoms with Gasteiger partial charge < -0.3 is 15.8 Å². The van der Waals surface area contributed by atoms with Crippen molar-refractivity contribution in [2.24, 2.45) is 5.73 Å². The highest BCUT2D eigenvalue weighted by atomic mass is 16.5. The molecule has 152 valence electrons. The summed E-state index contributed by atoms with van der Waals surface area (Å²) in [5, 5.41) is 7.78. The van der Waals surface area contributed by atoms with E-state index in [2.05, 4.69) is 16.5 Å². The number of fused-ring (bicyclic) bond motifs is 1. The fourth-order valence-electron chi connectivity index (χ4n) is 3.39. The van der Waals surface area contributed by atoms with Gasteiger partial charge in [-0.25, -0.2) is 9.50 Å². The molecule has 6 heteroatoms. The van der Waals surface area contributed by atoms with Gasteiger partial charge in [0, 0.05) is 24.0 Å². The second-order valence-corrected chi connectivity index (χ2v) is 7.11. The molecule has 2 heterocycles. The molecule has 3 N–H and O–H groups in total. The average molecular weight is 407 g/mol. The van der Waals surface area contributed by atoms with Crippen molar-refractivity contribution in [1.29, 1.82) is 0 Å². The van der Waals surface area contributed by atoms with Crippen LogP contribution in [0.5, 0.6) is 11.5 Å². The Kier molecular flexibility index (Phi) is 5.04. The standard InChI is InChI=1S/C25H21N5O/c26-16-18-5-4-6-19(15-18)23-17-27-30-14-13-24(29-25(23)30)28-20-9-11-22(12-10-20)31-21-7-2-1-3-8-21/h1-15,17H,16,26H2,(H,28,29). The van der Waals surface area contributed by atoms with Crippen molar-refractivity contribution in [1.82, 2.24) is 14.6 Å². The minimum Gasteiger partial charge on any atom is -0.457 e. The topological polar surface area (TPSA) is 77.5 Å². The van der Waals surface area contributed by atoms with E-state index in [-0.39, 0.29) is 0 Å². The first kappa shape index (κ1) is 18.8. The molecule has 0 fully saturated rings. The average Bonchev–Trinajstić information content (AvgIpc) is 3.24. The predicted molar refractivity (Wildman–Crippen MR) is 123 cm³/mol. The number of nitrogens with two attached hydrogens (primary N) is 1. The first-order valence-corrected chi connectivity index (χ1v) is 10.0. The Morgan fingerprint density at radius 3 is 2.48 bits per heavy atom. The van der Waals surface area contributed by atoms with Crippen molar-refractivity contribution in [3.8, 4) is 22.6 Å². The van der Waals surface area contributed by atoms with Crippen LogP contribution in [0.15, 0.2) is 97.3 Å². The zero-order chi connectivity index (χ0) is 21.0. The Morgan fingerprint density at radius 1 is 0.871 bits per heavy atom. The highest BCUT2D eigenvalue weighted by Crippen LogP contribution is 2.27. The van der Waals surface area contributed by atoms with E-state index < -0.39 is 0 Å². The summed E-state index contributed by atoms with van der Waals surface area (Å²) < 4.78 is 7.62. The van der Waals surface area contributed by atoms with Crippen molar-refractivity contribution < 1.29 is 4.74 Å². The maximum atomic E-state index is 5.85. The number of para-hydroxylation sites is 1. The van der Waals surface area contributed by atoms with E-state index in [0.717, 1.165) is 45.3 Å². The molecular weight excluding hydrogens is 386 g/mol. The molecule has 0 unspecified atom stereocenters. The minimum absolute atomic E-state index is 0.497. The van der Waals surface area contributed by atoms with E-state index in [9.17, 15) is 0 Å². The molecule has 2 aromatic heterocycles. The molecule has 31 heavy (non-hydrogen) atoms. The second-order valence-electron chi connectivity index (χ2n) is 7.11. The number of benzene rings is 3. The number of rotatable bonds is 6. The molecule has 0 aliphatic rings. The largest absolute Gasteiger partial charge is 0.457 e. The van der Waals surface area contributed by atoms with Crippen LogP contribution < -0.4 is 15.8 Å². The smallest absolute Gasteiger partial charge is 0.165 e. The van der Waals surface area contributed by atoms with Gasteiger partial charge in [-0.3, -0.25) is 0 Å². The summed E-state index contributed by atoms with van der Waals surface area (Å²) in [6, 6.07) is 27.5. The normalized spacial score (nSPS) is 10.9. The number of anilines is 2. The number of hydrogen-bond donors (Lipinski definition) is 2. The quantitative estimate of drug-likeness (QED) is 0.395. The van der Waals surface area contributed by atoms with E-state index in [0.29, 0.717) is 6.54 Å². The van der Waals surface area contributed by atoms with E-state index in [1.54, 1.807) is 4.52 Å². The van der Waals surface area contributed by atoms with Crippen LogP contribution >= 0.6 is 0 Å². The third kappa shape index (κ3) is 4.10. The van der Waals surface area contributed by atoms with E-state index in [1.165, 1.54) is 0 Å². The van der Waals surface area contributed by atoms with Crippen LogP contribution in [-0.2, 0) is 6.54 Å².